The number of hydrogen-bond donors (Lipinski definition) is 5. The van der Waals surface area contributed by atoms with E-state index in [4.69, 9.17) is 13.9 Å². The first-order chi connectivity index (χ1) is 13.1. The molecule has 152 valence electrons. The maximum Gasteiger partial charge on any atom is 0.302 e. The average molecular weight is 396 g/mol. The Morgan fingerprint density at radius 3 is 2.43 bits per heavy atom. The van der Waals surface area contributed by atoms with Gasteiger partial charge in [0.15, 0.2) is 11.0 Å². The van der Waals surface area contributed by atoms with Gasteiger partial charge in [-0.25, -0.2) is 0 Å². The van der Waals surface area contributed by atoms with Gasteiger partial charge < -0.3 is 39.4 Å². The van der Waals surface area contributed by atoms with Crippen LogP contribution in [0.4, 0.5) is 0 Å². The summed E-state index contributed by atoms with van der Waals surface area (Å²) in [5.41, 5.74) is -1.01. The molecule has 1 aromatic heterocycles. The molecule has 1 aliphatic heterocycles. The van der Waals surface area contributed by atoms with Crippen molar-refractivity contribution in [3.05, 3.63) is 33.7 Å². The van der Waals surface area contributed by atoms with Crippen LogP contribution in [0.3, 0.4) is 0 Å². The number of benzene rings is 1. The van der Waals surface area contributed by atoms with Crippen molar-refractivity contribution in [2.45, 2.75) is 44.4 Å². The minimum atomic E-state index is -1.71. The van der Waals surface area contributed by atoms with E-state index >= 15 is 0 Å². The van der Waals surface area contributed by atoms with E-state index in [1.807, 2.05) is 0 Å². The Bertz CT molecular complexity index is 965. The summed E-state index contributed by atoms with van der Waals surface area (Å²) >= 11 is 0. The Morgan fingerprint density at radius 1 is 1.11 bits per heavy atom. The zero-order valence-corrected chi connectivity index (χ0v) is 15.0. The molecule has 0 aliphatic carbocycles. The van der Waals surface area contributed by atoms with Gasteiger partial charge in [-0.15, -0.1) is 0 Å². The van der Waals surface area contributed by atoms with E-state index in [2.05, 4.69) is 0 Å². The number of hydrogen-bond acceptors (Lipinski definition) is 10. The number of aromatic hydroxyl groups is 2. The average Bonchev–Trinajstić information content (AvgIpc) is 2.59. The standard InChI is InChI=1S/C18H20O10/c1-6-3-8(20)12-9(21)4-10(22)13(17(12)27-6)18-16(25)15(24)14(23)11(28-18)5-26-7(2)19/h3-4,11,14-16,18,21-25H,5H2,1-2H3/t11-,14-,15+,16-,18+/m1/s1. The van der Waals surface area contributed by atoms with Gasteiger partial charge in [-0.05, 0) is 6.92 Å². The molecule has 1 fully saturated rings. The number of rotatable bonds is 3. The quantitative estimate of drug-likeness (QED) is 0.431. The third kappa shape index (κ3) is 3.42. The number of esters is 1. The van der Waals surface area contributed by atoms with Crippen LogP contribution in [-0.4, -0.2) is 62.5 Å². The Labute approximate surface area is 158 Å². The van der Waals surface area contributed by atoms with Gasteiger partial charge in [-0.1, -0.05) is 0 Å². The van der Waals surface area contributed by atoms with Crippen molar-refractivity contribution in [3.8, 4) is 11.5 Å². The minimum Gasteiger partial charge on any atom is -0.507 e. The number of aryl methyl sites for hydroxylation is 1. The number of aliphatic hydroxyl groups excluding tert-OH is 3. The van der Waals surface area contributed by atoms with Crippen molar-refractivity contribution in [1.82, 2.24) is 0 Å². The van der Waals surface area contributed by atoms with Crippen LogP contribution in [0.2, 0.25) is 0 Å². The molecule has 28 heavy (non-hydrogen) atoms. The van der Waals surface area contributed by atoms with Gasteiger partial charge in [0, 0.05) is 19.1 Å². The molecule has 0 amide bonds. The molecule has 5 N–H and O–H groups in total. The second-order valence-electron chi connectivity index (χ2n) is 6.62. The summed E-state index contributed by atoms with van der Waals surface area (Å²) < 4.78 is 15.9. The number of ether oxygens (including phenoxy) is 2. The normalized spacial score (nSPS) is 27.7. The largest absolute Gasteiger partial charge is 0.507 e. The fourth-order valence-electron chi connectivity index (χ4n) is 3.24. The van der Waals surface area contributed by atoms with E-state index in [1.165, 1.54) is 6.92 Å². The lowest BCUT2D eigenvalue weighted by Gasteiger charge is -2.40. The molecule has 2 heterocycles. The van der Waals surface area contributed by atoms with Crippen molar-refractivity contribution in [2.75, 3.05) is 6.61 Å². The number of phenolic OH excluding ortho intramolecular Hbond substituents is 2. The van der Waals surface area contributed by atoms with Crippen LogP contribution in [-0.2, 0) is 14.3 Å². The smallest absolute Gasteiger partial charge is 0.302 e. The highest BCUT2D eigenvalue weighted by molar-refractivity contribution is 5.88. The topological polar surface area (TPSA) is 167 Å². The molecule has 1 saturated heterocycles. The van der Waals surface area contributed by atoms with Crippen molar-refractivity contribution >= 4 is 16.9 Å². The molecule has 0 bridgehead atoms. The van der Waals surface area contributed by atoms with Crippen LogP contribution < -0.4 is 5.43 Å². The summed E-state index contributed by atoms with van der Waals surface area (Å²) in [6, 6.07) is 2.03. The number of carbonyl (C=O) groups is 1. The SMILES string of the molecule is CC(=O)OC[C@H]1O[C@@H](c2c(O)cc(O)c3c(=O)cc(C)oc23)[C@H](O)[C@@H](O)[C@@H]1O. The van der Waals surface area contributed by atoms with Crippen LogP contribution in [0.5, 0.6) is 11.5 Å². The summed E-state index contributed by atoms with van der Waals surface area (Å²) in [5, 5.41) is 50.9. The van der Waals surface area contributed by atoms with Gasteiger partial charge >= 0.3 is 5.97 Å². The van der Waals surface area contributed by atoms with Crippen molar-refractivity contribution in [2.24, 2.45) is 0 Å². The summed E-state index contributed by atoms with van der Waals surface area (Å²) in [6.07, 6.45) is -7.68. The van der Waals surface area contributed by atoms with Gasteiger partial charge in [0.25, 0.3) is 0 Å². The molecule has 0 saturated carbocycles. The van der Waals surface area contributed by atoms with Crippen LogP contribution >= 0.6 is 0 Å². The van der Waals surface area contributed by atoms with E-state index in [1.54, 1.807) is 0 Å². The Balaban J connectivity index is 2.14. The summed E-state index contributed by atoms with van der Waals surface area (Å²) in [7, 11) is 0. The highest BCUT2D eigenvalue weighted by Gasteiger charge is 2.46. The van der Waals surface area contributed by atoms with Gasteiger partial charge in [-0.3, -0.25) is 9.59 Å². The van der Waals surface area contributed by atoms with Crippen LogP contribution in [0.25, 0.3) is 11.0 Å². The first-order valence-corrected chi connectivity index (χ1v) is 8.44. The minimum absolute atomic E-state index is 0.172. The zero-order chi connectivity index (χ0) is 20.7. The van der Waals surface area contributed by atoms with Crippen molar-refractivity contribution in [3.63, 3.8) is 0 Å². The fourth-order valence-corrected chi connectivity index (χ4v) is 3.24. The van der Waals surface area contributed by atoms with Crippen molar-refractivity contribution < 1.29 is 44.2 Å². The Morgan fingerprint density at radius 2 is 1.79 bits per heavy atom. The van der Waals surface area contributed by atoms with E-state index in [9.17, 15) is 35.1 Å². The summed E-state index contributed by atoms with van der Waals surface area (Å²) in [6.45, 7) is 2.21. The van der Waals surface area contributed by atoms with Gasteiger partial charge in [-0.2, -0.15) is 0 Å². The first kappa shape index (κ1) is 20.1. The molecule has 5 atom stereocenters. The lowest BCUT2D eigenvalue weighted by atomic mass is 9.89. The summed E-state index contributed by atoms with van der Waals surface area (Å²) in [4.78, 5) is 23.3. The predicted octanol–water partition coefficient (Wildman–Crippen LogP) is -0.402. The maximum absolute atomic E-state index is 12.3. The van der Waals surface area contributed by atoms with Crippen LogP contribution in [0, 0.1) is 6.92 Å². The molecule has 1 aliphatic rings. The van der Waals surface area contributed by atoms with Crippen molar-refractivity contribution in [1.29, 1.82) is 0 Å². The number of fused-ring (bicyclic) bond motifs is 1. The number of carbonyl (C=O) groups excluding carboxylic acids is 1. The molecule has 10 nitrogen and oxygen atoms in total. The molecule has 3 rings (SSSR count). The van der Waals surface area contributed by atoms with Gasteiger partial charge in [0.05, 0.1) is 5.56 Å². The van der Waals surface area contributed by atoms with E-state index in [-0.39, 0.29) is 22.3 Å². The second-order valence-corrected chi connectivity index (χ2v) is 6.62. The molecule has 2 aromatic rings. The van der Waals surface area contributed by atoms with Gasteiger partial charge in [0.1, 0.15) is 59.8 Å². The molecular formula is C18H20O10. The zero-order valence-electron chi connectivity index (χ0n) is 15.0. The van der Waals surface area contributed by atoms with E-state index < -0.39 is 60.0 Å². The molecule has 10 heteroatoms. The highest BCUT2D eigenvalue weighted by atomic mass is 16.6. The molecule has 0 unspecified atom stereocenters. The third-order valence-electron chi connectivity index (χ3n) is 4.57. The van der Waals surface area contributed by atoms with Crippen LogP contribution in [0.1, 0.15) is 24.4 Å². The van der Waals surface area contributed by atoms with Gasteiger partial charge in [0.2, 0.25) is 0 Å². The first-order valence-electron chi connectivity index (χ1n) is 8.44. The molecule has 0 radical (unpaired) electrons. The van der Waals surface area contributed by atoms with E-state index in [0.29, 0.717) is 0 Å². The molecule has 0 spiro atoms. The third-order valence-corrected chi connectivity index (χ3v) is 4.57. The highest BCUT2D eigenvalue weighted by Crippen LogP contribution is 2.43. The predicted molar refractivity (Wildman–Crippen MR) is 92.8 cm³/mol. The second kappa shape index (κ2) is 7.40. The number of aliphatic hydroxyl groups is 3. The molecule has 1 aromatic carbocycles. The Hall–Kier alpha value is -2.66. The maximum atomic E-state index is 12.3. The Kier molecular flexibility index (Phi) is 5.31. The lowest BCUT2D eigenvalue weighted by molar-refractivity contribution is -0.234. The number of phenols is 2. The summed E-state index contributed by atoms with van der Waals surface area (Å²) in [5.74, 6) is -1.57. The van der Waals surface area contributed by atoms with E-state index in [0.717, 1.165) is 19.1 Å². The fraction of sp³-hybridized carbons (Fsp3) is 0.444. The monoisotopic (exact) mass is 396 g/mol. The van der Waals surface area contributed by atoms with Crippen LogP contribution in [0.15, 0.2) is 21.3 Å². The molecular weight excluding hydrogens is 376 g/mol. The lowest BCUT2D eigenvalue weighted by Crippen LogP contribution is -2.55.